The van der Waals surface area contributed by atoms with Gasteiger partial charge in [0.25, 0.3) is 11.8 Å². The van der Waals surface area contributed by atoms with Crippen molar-refractivity contribution in [3.8, 4) is 0 Å². The zero-order chi connectivity index (χ0) is 19.6. The highest BCUT2D eigenvalue weighted by Crippen LogP contribution is 2.44. The lowest BCUT2D eigenvalue weighted by molar-refractivity contribution is 0.0944. The third kappa shape index (κ3) is 4.25. The molecular weight excluding hydrogens is 364 g/mol. The second-order valence-electron chi connectivity index (χ2n) is 7.92. The minimum atomic E-state index is -0.373. The Morgan fingerprint density at radius 3 is 2.74 bits per heavy atom. The van der Waals surface area contributed by atoms with E-state index in [9.17, 15) is 9.59 Å². The summed E-state index contributed by atoms with van der Waals surface area (Å²) in [6, 6.07) is 3.24. The maximum atomic E-state index is 12.7. The summed E-state index contributed by atoms with van der Waals surface area (Å²) in [5.41, 5.74) is 1.74. The minimum absolute atomic E-state index is 0.127. The van der Waals surface area contributed by atoms with E-state index >= 15 is 0 Å². The molecule has 0 spiro atoms. The number of fused-ring (bicyclic) bond motifs is 1. The molecule has 6 nitrogen and oxygen atoms in total. The zero-order valence-electron chi connectivity index (χ0n) is 15.9. The number of thiophene rings is 1. The Balaban J connectivity index is 1.93. The molecule has 3 rings (SSSR count). The minimum Gasteiger partial charge on any atom is -0.459 e. The third-order valence-electron chi connectivity index (χ3n) is 5.09. The van der Waals surface area contributed by atoms with Crippen LogP contribution in [0.3, 0.4) is 0 Å². The normalized spacial score (nSPS) is 16.7. The number of carbonyl (C=O) groups excluding carboxylic acids is 2. The monoisotopic (exact) mass is 390 g/mol. The predicted molar refractivity (Wildman–Crippen MR) is 105 cm³/mol. The molecule has 146 valence electrons. The number of carbonyl (C=O) groups is 2. The maximum absolute atomic E-state index is 12.7. The molecule has 7 heteroatoms. The Morgan fingerprint density at radius 1 is 1.33 bits per heavy atom. The molecule has 0 bridgehead atoms. The molecule has 2 amide bonds. The van der Waals surface area contributed by atoms with Gasteiger partial charge in [-0.15, -0.1) is 11.3 Å². The van der Waals surface area contributed by atoms with Gasteiger partial charge >= 0.3 is 0 Å². The van der Waals surface area contributed by atoms with Crippen LogP contribution in [-0.2, 0) is 12.8 Å². The van der Waals surface area contributed by atoms with E-state index in [0.29, 0.717) is 16.5 Å². The summed E-state index contributed by atoms with van der Waals surface area (Å²) in [5, 5.41) is 15.1. The molecule has 27 heavy (non-hydrogen) atoms. The van der Waals surface area contributed by atoms with Gasteiger partial charge in [0, 0.05) is 11.4 Å². The van der Waals surface area contributed by atoms with Crippen LogP contribution in [0.4, 0.5) is 5.00 Å². The standard InChI is InChI=1S/C20H26N2O4S/c1-20(2,3)12-6-7-13-15(11-12)27-19(16(13)18(25)21-8-9-23)22-17(24)14-5-4-10-26-14/h4-5,10,12,23H,6-9,11H2,1-3H3,(H,21,25)(H,22,24)/t12-/m1/s1. The fraction of sp³-hybridized carbons (Fsp3) is 0.500. The van der Waals surface area contributed by atoms with Crippen molar-refractivity contribution in [3.63, 3.8) is 0 Å². The number of aliphatic hydroxyl groups is 1. The maximum Gasteiger partial charge on any atom is 0.291 e. The molecule has 0 radical (unpaired) electrons. The van der Waals surface area contributed by atoms with Gasteiger partial charge < -0.3 is 20.2 Å². The van der Waals surface area contributed by atoms with Gasteiger partial charge in [-0.2, -0.15) is 0 Å². The van der Waals surface area contributed by atoms with E-state index in [1.54, 1.807) is 12.1 Å². The molecular formula is C20H26N2O4S. The van der Waals surface area contributed by atoms with Gasteiger partial charge in [-0.1, -0.05) is 20.8 Å². The van der Waals surface area contributed by atoms with Crippen molar-refractivity contribution in [2.45, 2.75) is 40.0 Å². The number of hydrogen-bond acceptors (Lipinski definition) is 5. The average Bonchev–Trinajstić information content (AvgIpc) is 3.25. The van der Waals surface area contributed by atoms with Crippen LogP contribution >= 0.6 is 11.3 Å². The van der Waals surface area contributed by atoms with Crippen molar-refractivity contribution in [2.75, 3.05) is 18.5 Å². The van der Waals surface area contributed by atoms with Gasteiger partial charge in [-0.25, -0.2) is 0 Å². The molecule has 2 heterocycles. The van der Waals surface area contributed by atoms with Crippen LogP contribution in [0.1, 0.15) is 58.5 Å². The van der Waals surface area contributed by atoms with Gasteiger partial charge in [0.15, 0.2) is 5.76 Å². The summed E-state index contributed by atoms with van der Waals surface area (Å²) in [6.45, 7) is 6.78. The van der Waals surface area contributed by atoms with Crippen LogP contribution in [0.5, 0.6) is 0 Å². The highest BCUT2D eigenvalue weighted by atomic mass is 32.1. The van der Waals surface area contributed by atoms with Crippen molar-refractivity contribution < 1.29 is 19.1 Å². The summed E-state index contributed by atoms with van der Waals surface area (Å²) in [7, 11) is 0. The van der Waals surface area contributed by atoms with Crippen LogP contribution in [0.25, 0.3) is 0 Å². The van der Waals surface area contributed by atoms with E-state index in [1.165, 1.54) is 17.6 Å². The second kappa shape index (κ2) is 7.86. The summed E-state index contributed by atoms with van der Waals surface area (Å²) < 4.78 is 5.16. The number of anilines is 1. The van der Waals surface area contributed by atoms with Gasteiger partial charge in [-0.05, 0) is 48.3 Å². The SMILES string of the molecule is CC(C)(C)[C@@H]1CCc2c(sc(NC(=O)c3ccco3)c2C(=O)NCCO)C1. The van der Waals surface area contributed by atoms with Gasteiger partial charge in [-0.3, -0.25) is 9.59 Å². The van der Waals surface area contributed by atoms with Crippen LogP contribution in [0.2, 0.25) is 0 Å². The highest BCUT2D eigenvalue weighted by molar-refractivity contribution is 7.17. The zero-order valence-corrected chi connectivity index (χ0v) is 16.7. The van der Waals surface area contributed by atoms with Crippen molar-refractivity contribution >= 4 is 28.2 Å². The van der Waals surface area contributed by atoms with Crippen LogP contribution in [0, 0.1) is 11.3 Å². The summed E-state index contributed by atoms with van der Waals surface area (Å²) in [6.07, 6.45) is 4.17. The number of furan rings is 1. The molecule has 0 aromatic carbocycles. The molecule has 0 saturated heterocycles. The molecule has 1 aliphatic carbocycles. The number of aliphatic hydroxyl groups excluding tert-OH is 1. The molecule has 1 atom stereocenters. The Hall–Kier alpha value is -2.12. The van der Waals surface area contributed by atoms with Crippen LogP contribution in [0.15, 0.2) is 22.8 Å². The Kier molecular flexibility index (Phi) is 5.72. The number of amides is 2. The fourth-order valence-corrected chi connectivity index (χ4v) is 4.80. The molecule has 2 aromatic rings. The molecule has 0 saturated carbocycles. The smallest absolute Gasteiger partial charge is 0.291 e. The molecule has 3 N–H and O–H groups in total. The van der Waals surface area contributed by atoms with Crippen LogP contribution in [-0.4, -0.2) is 30.1 Å². The van der Waals surface area contributed by atoms with Gasteiger partial charge in [0.2, 0.25) is 0 Å². The largest absolute Gasteiger partial charge is 0.459 e. The summed E-state index contributed by atoms with van der Waals surface area (Å²) in [5.74, 6) is 0.106. The lowest BCUT2D eigenvalue weighted by Crippen LogP contribution is -2.30. The Morgan fingerprint density at radius 2 is 2.11 bits per heavy atom. The molecule has 2 aromatic heterocycles. The molecule has 1 aliphatic rings. The van der Waals surface area contributed by atoms with Crippen molar-refractivity contribution in [1.82, 2.24) is 5.32 Å². The van der Waals surface area contributed by atoms with E-state index in [4.69, 9.17) is 9.52 Å². The fourth-order valence-electron chi connectivity index (χ4n) is 3.48. The first-order valence-electron chi connectivity index (χ1n) is 9.19. The number of rotatable bonds is 5. The number of hydrogen-bond donors (Lipinski definition) is 3. The lowest BCUT2D eigenvalue weighted by Gasteiger charge is -2.33. The molecule has 0 fully saturated rings. The first kappa shape index (κ1) is 19.6. The van der Waals surface area contributed by atoms with Gasteiger partial charge in [0.1, 0.15) is 5.00 Å². The van der Waals surface area contributed by atoms with E-state index < -0.39 is 0 Å². The van der Waals surface area contributed by atoms with Gasteiger partial charge in [0.05, 0.1) is 18.4 Å². The summed E-state index contributed by atoms with van der Waals surface area (Å²) in [4.78, 5) is 26.3. The second-order valence-corrected chi connectivity index (χ2v) is 9.03. The molecule has 0 unspecified atom stereocenters. The molecule has 0 aliphatic heterocycles. The van der Waals surface area contributed by atoms with E-state index in [1.807, 2.05) is 0 Å². The topological polar surface area (TPSA) is 91.6 Å². The van der Waals surface area contributed by atoms with Crippen molar-refractivity contribution in [2.24, 2.45) is 11.3 Å². The first-order chi connectivity index (χ1) is 12.8. The number of nitrogens with one attached hydrogen (secondary N) is 2. The Bertz CT molecular complexity index is 818. The predicted octanol–water partition coefficient (Wildman–Crippen LogP) is 3.47. The summed E-state index contributed by atoms with van der Waals surface area (Å²) >= 11 is 1.47. The lowest BCUT2D eigenvalue weighted by atomic mass is 9.72. The quantitative estimate of drug-likeness (QED) is 0.729. The van der Waals surface area contributed by atoms with E-state index in [0.717, 1.165) is 29.7 Å². The highest BCUT2D eigenvalue weighted by Gasteiger charge is 2.34. The van der Waals surface area contributed by atoms with Crippen LogP contribution < -0.4 is 10.6 Å². The Labute approximate surface area is 163 Å². The average molecular weight is 391 g/mol. The van der Waals surface area contributed by atoms with E-state index in [-0.39, 0.29) is 36.1 Å². The van der Waals surface area contributed by atoms with Crippen molar-refractivity contribution in [1.29, 1.82) is 0 Å². The van der Waals surface area contributed by atoms with Crippen molar-refractivity contribution in [3.05, 3.63) is 40.2 Å². The van der Waals surface area contributed by atoms with E-state index in [2.05, 4.69) is 31.4 Å². The third-order valence-corrected chi connectivity index (χ3v) is 6.26. The first-order valence-corrected chi connectivity index (χ1v) is 10.0.